The number of halogens is 1. The van der Waals surface area contributed by atoms with Gasteiger partial charge in [0.2, 0.25) is 0 Å². The normalized spacial score (nSPS) is 19.9. The van der Waals surface area contributed by atoms with Crippen molar-refractivity contribution in [2.24, 2.45) is 5.92 Å². The van der Waals surface area contributed by atoms with Crippen LogP contribution in [0.1, 0.15) is 23.3 Å². The van der Waals surface area contributed by atoms with Crippen molar-refractivity contribution >= 4 is 21.8 Å². The minimum atomic E-state index is -0.0944. The molecule has 0 spiro atoms. The third kappa shape index (κ3) is 3.78. The van der Waals surface area contributed by atoms with Crippen LogP contribution in [0.3, 0.4) is 0 Å². The molecule has 1 aromatic rings. The highest BCUT2D eigenvalue weighted by atomic mass is 79.9. The van der Waals surface area contributed by atoms with Crippen molar-refractivity contribution in [3.8, 4) is 0 Å². The number of aromatic nitrogens is 1. The van der Waals surface area contributed by atoms with Crippen LogP contribution >= 0.6 is 15.9 Å². The molecule has 1 fully saturated rings. The zero-order valence-electron chi connectivity index (χ0n) is 9.58. The Morgan fingerprint density at radius 1 is 1.59 bits per heavy atom. The summed E-state index contributed by atoms with van der Waals surface area (Å²) in [5.41, 5.74) is 0.469. The Bertz CT molecular complexity index is 374. The SMILES string of the molecule is O=C(NCC1CCCNC1)c1ccc(Br)cn1. The second-order valence-electron chi connectivity index (χ2n) is 4.28. The average Bonchev–Trinajstić information content (AvgIpc) is 2.38. The summed E-state index contributed by atoms with van der Waals surface area (Å²) in [4.78, 5) is 15.9. The predicted octanol–water partition coefficient (Wildman–Crippen LogP) is 1.57. The van der Waals surface area contributed by atoms with Crippen molar-refractivity contribution < 1.29 is 4.79 Å². The monoisotopic (exact) mass is 297 g/mol. The van der Waals surface area contributed by atoms with Gasteiger partial charge in [-0.15, -0.1) is 0 Å². The molecule has 17 heavy (non-hydrogen) atoms. The van der Waals surface area contributed by atoms with Crippen LogP contribution in [0.15, 0.2) is 22.8 Å². The molecule has 0 aromatic carbocycles. The van der Waals surface area contributed by atoms with E-state index in [1.54, 1.807) is 12.3 Å². The number of nitrogens with zero attached hydrogens (tertiary/aromatic N) is 1. The molecule has 1 aliphatic rings. The van der Waals surface area contributed by atoms with E-state index in [1.807, 2.05) is 6.07 Å². The standard InChI is InChI=1S/C12H16BrN3O/c13-10-3-4-11(15-8-10)12(17)16-7-9-2-1-5-14-6-9/h3-4,8-9,14H,1-2,5-7H2,(H,16,17). The van der Waals surface area contributed by atoms with Crippen molar-refractivity contribution in [1.82, 2.24) is 15.6 Å². The van der Waals surface area contributed by atoms with Crippen LogP contribution < -0.4 is 10.6 Å². The van der Waals surface area contributed by atoms with Crippen LogP contribution in [0.25, 0.3) is 0 Å². The molecule has 2 rings (SSSR count). The van der Waals surface area contributed by atoms with E-state index in [0.717, 1.165) is 24.1 Å². The lowest BCUT2D eigenvalue weighted by molar-refractivity contribution is 0.0940. The van der Waals surface area contributed by atoms with Crippen LogP contribution in [-0.4, -0.2) is 30.5 Å². The van der Waals surface area contributed by atoms with Crippen LogP contribution in [0, 0.1) is 5.92 Å². The number of nitrogens with one attached hydrogen (secondary N) is 2. The van der Waals surface area contributed by atoms with Crippen molar-refractivity contribution in [1.29, 1.82) is 0 Å². The summed E-state index contributed by atoms with van der Waals surface area (Å²) >= 11 is 3.29. The number of carbonyl (C=O) groups excluding carboxylic acids is 1. The van der Waals surface area contributed by atoms with E-state index in [0.29, 0.717) is 11.6 Å². The van der Waals surface area contributed by atoms with Gasteiger partial charge in [0.15, 0.2) is 0 Å². The Morgan fingerprint density at radius 2 is 2.47 bits per heavy atom. The van der Waals surface area contributed by atoms with Crippen molar-refractivity contribution in [2.45, 2.75) is 12.8 Å². The summed E-state index contributed by atoms with van der Waals surface area (Å²) in [5.74, 6) is 0.450. The van der Waals surface area contributed by atoms with E-state index < -0.39 is 0 Å². The van der Waals surface area contributed by atoms with Gasteiger partial charge in [-0.05, 0) is 59.9 Å². The highest BCUT2D eigenvalue weighted by Gasteiger charge is 2.14. The van der Waals surface area contributed by atoms with Gasteiger partial charge in [-0.1, -0.05) is 0 Å². The molecule has 2 N–H and O–H groups in total. The lowest BCUT2D eigenvalue weighted by atomic mass is 10.00. The fourth-order valence-corrected chi connectivity index (χ4v) is 2.17. The van der Waals surface area contributed by atoms with Crippen molar-refractivity contribution in [3.63, 3.8) is 0 Å². The Morgan fingerprint density at radius 3 is 3.12 bits per heavy atom. The van der Waals surface area contributed by atoms with Gasteiger partial charge in [-0.2, -0.15) is 0 Å². The third-order valence-corrected chi connectivity index (χ3v) is 3.38. The van der Waals surface area contributed by atoms with E-state index >= 15 is 0 Å². The number of rotatable bonds is 3. The molecule has 0 bridgehead atoms. The van der Waals surface area contributed by atoms with Gasteiger partial charge in [-0.3, -0.25) is 4.79 Å². The first-order chi connectivity index (χ1) is 8.25. The summed E-state index contributed by atoms with van der Waals surface area (Å²) in [6.45, 7) is 2.82. The van der Waals surface area contributed by atoms with Gasteiger partial charge < -0.3 is 10.6 Å². The summed E-state index contributed by atoms with van der Waals surface area (Å²) in [6.07, 6.45) is 4.01. The molecule has 1 unspecified atom stereocenters. The van der Waals surface area contributed by atoms with Gasteiger partial charge in [0.1, 0.15) is 5.69 Å². The summed E-state index contributed by atoms with van der Waals surface area (Å²) in [5, 5.41) is 6.26. The van der Waals surface area contributed by atoms with Gasteiger partial charge in [0.05, 0.1) is 0 Å². The van der Waals surface area contributed by atoms with Gasteiger partial charge in [0, 0.05) is 17.2 Å². The molecule has 0 aliphatic carbocycles. The average molecular weight is 298 g/mol. The van der Waals surface area contributed by atoms with Gasteiger partial charge >= 0.3 is 0 Å². The molecule has 1 aromatic heterocycles. The lowest BCUT2D eigenvalue weighted by Crippen LogP contribution is -2.38. The molecule has 0 radical (unpaired) electrons. The first kappa shape index (κ1) is 12.5. The van der Waals surface area contributed by atoms with Crippen LogP contribution in [0.5, 0.6) is 0 Å². The van der Waals surface area contributed by atoms with E-state index in [2.05, 4.69) is 31.5 Å². The van der Waals surface area contributed by atoms with Crippen LogP contribution in [0.2, 0.25) is 0 Å². The maximum absolute atomic E-state index is 11.8. The molecule has 5 heteroatoms. The van der Waals surface area contributed by atoms with Crippen LogP contribution in [-0.2, 0) is 0 Å². The molecule has 4 nitrogen and oxygen atoms in total. The molecule has 92 valence electrons. The molecular formula is C12H16BrN3O. The molecule has 1 saturated heterocycles. The van der Waals surface area contributed by atoms with Crippen LogP contribution in [0.4, 0.5) is 0 Å². The Hall–Kier alpha value is -0.940. The number of piperidine rings is 1. The number of pyridine rings is 1. The fourth-order valence-electron chi connectivity index (χ4n) is 1.94. The van der Waals surface area contributed by atoms with Gasteiger partial charge in [-0.25, -0.2) is 4.98 Å². The molecule has 0 saturated carbocycles. The first-order valence-corrected chi connectivity index (χ1v) is 6.65. The third-order valence-electron chi connectivity index (χ3n) is 2.91. The zero-order valence-corrected chi connectivity index (χ0v) is 11.2. The van der Waals surface area contributed by atoms with E-state index in [1.165, 1.54) is 12.8 Å². The summed E-state index contributed by atoms with van der Waals surface area (Å²) in [7, 11) is 0. The molecule has 1 aliphatic heterocycles. The molecular weight excluding hydrogens is 282 g/mol. The fraction of sp³-hybridized carbons (Fsp3) is 0.500. The van der Waals surface area contributed by atoms with Crippen molar-refractivity contribution in [3.05, 3.63) is 28.5 Å². The lowest BCUT2D eigenvalue weighted by Gasteiger charge is -2.22. The zero-order chi connectivity index (χ0) is 12.1. The predicted molar refractivity (Wildman–Crippen MR) is 69.9 cm³/mol. The molecule has 1 atom stereocenters. The Balaban J connectivity index is 1.82. The maximum Gasteiger partial charge on any atom is 0.269 e. The van der Waals surface area contributed by atoms with Crippen molar-refractivity contribution in [2.75, 3.05) is 19.6 Å². The Kier molecular flexibility index (Phi) is 4.50. The molecule has 2 heterocycles. The smallest absolute Gasteiger partial charge is 0.269 e. The highest BCUT2D eigenvalue weighted by Crippen LogP contribution is 2.09. The minimum Gasteiger partial charge on any atom is -0.350 e. The topological polar surface area (TPSA) is 54.0 Å². The number of hydrogen-bond donors (Lipinski definition) is 2. The van der Waals surface area contributed by atoms with E-state index in [-0.39, 0.29) is 5.91 Å². The van der Waals surface area contributed by atoms with Gasteiger partial charge in [0.25, 0.3) is 5.91 Å². The second-order valence-corrected chi connectivity index (χ2v) is 5.20. The second kappa shape index (κ2) is 6.12. The maximum atomic E-state index is 11.8. The summed E-state index contributed by atoms with van der Waals surface area (Å²) < 4.78 is 0.880. The number of carbonyl (C=O) groups is 1. The Labute approximate surface area is 109 Å². The largest absolute Gasteiger partial charge is 0.350 e. The summed E-state index contributed by atoms with van der Waals surface area (Å²) in [6, 6.07) is 3.54. The highest BCUT2D eigenvalue weighted by molar-refractivity contribution is 9.10. The van der Waals surface area contributed by atoms with E-state index in [9.17, 15) is 4.79 Å². The molecule has 1 amide bonds. The number of amides is 1. The number of hydrogen-bond acceptors (Lipinski definition) is 3. The first-order valence-electron chi connectivity index (χ1n) is 5.86. The minimum absolute atomic E-state index is 0.0944. The van der Waals surface area contributed by atoms with E-state index in [4.69, 9.17) is 0 Å². The quantitative estimate of drug-likeness (QED) is 0.890.